The van der Waals surface area contributed by atoms with Crippen LogP contribution < -0.4 is 0 Å². The van der Waals surface area contributed by atoms with E-state index in [-0.39, 0.29) is 0 Å². The lowest BCUT2D eigenvalue weighted by Gasteiger charge is -2.28. The van der Waals surface area contributed by atoms with Gasteiger partial charge in [0.2, 0.25) is 0 Å². The monoisotopic (exact) mass is 258 g/mol. The van der Waals surface area contributed by atoms with Gasteiger partial charge in [0.15, 0.2) is 5.79 Å². The Bertz CT molecular complexity index is 514. The summed E-state index contributed by atoms with van der Waals surface area (Å²) in [5.41, 5.74) is 2.34. The number of aromatic nitrogens is 2. The fourth-order valence-electron chi connectivity index (χ4n) is 2.41. The summed E-state index contributed by atoms with van der Waals surface area (Å²) in [6, 6.07) is 8.38. The van der Waals surface area contributed by atoms with Crippen molar-refractivity contribution < 1.29 is 9.47 Å². The molecule has 0 saturated carbocycles. The summed E-state index contributed by atoms with van der Waals surface area (Å²) in [6.45, 7) is 4.21. The minimum Gasteiger partial charge on any atom is -0.343 e. The smallest absolute Gasteiger partial charge is 0.196 e. The first kappa shape index (κ1) is 12.4. The highest BCUT2D eigenvalue weighted by molar-refractivity contribution is 5.25. The van der Waals surface area contributed by atoms with Crippen LogP contribution in [0, 0.1) is 6.92 Å². The summed E-state index contributed by atoms with van der Waals surface area (Å²) < 4.78 is 13.9. The summed E-state index contributed by atoms with van der Waals surface area (Å²) in [5, 5.41) is 0. The predicted octanol–water partition coefficient (Wildman–Crippen LogP) is 2.48. The molecule has 1 saturated heterocycles. The summed E-state index contributed by atoms with van der Waals surface area (Å²) in [7, 11) is 0. The van der Waals surface area contributed by atoms with Crippen LogP contribution in [-0.2, 0) is 21.8 Å². The molecule has 19 heavy (non-hydrogen) atoms. The number of nitrogens with zero attached hydrogens (tertiary/aromatic N) is 2. The van der Waals surface area contributed by atoms with Gasteiger partial charge in [0, 0.05) is 30.9 Å². The zero-order valence-corrected chi connectivity index (χ0v) is 11.1. The van der Waals surface area contributed by atoms with Crippen LogP contribution in [0.5, 0.6) is 0 Å². The standard InChI is InChI=1S/C15H18N2O2/c1-13-2-4-14(5-3-13)15(18-10-11-19-15)6-8-17-9-7-16-12-17/h2-5,7,9,12H,6,8,10-11H2,1H3. The average Bonchev–Trinajstić information content (AvgIpc) is 3.09. The van der Waals surface area contributed by atoms with Gasteiger partial charge in [-0.3, -0.25) is 0 Å². The third kappa shape index (κ3) is 2.55. The molecule has 0 radical (unpaired) electrons. The topological polar surface area (TPSA) is 36.3 Å². The molecule has 0 bridgehead atoms. The maximum Gasteiger partial charge on any atom is 0.196 e. The molecule has 2 aromatic rings. The van der Waals surface area contributed by atoms with Crippen molar-refractivity contribution in [3.63, 3.8) is 0 Å². The highest BCUT2D eigenvalue weighted by atomic mass is 16.7. The molecule has 0 aliphatic carbocycles. The van der Waals surface area contributed by atoms with Crippen molar-refractivity contribution in [2.24, 2.45) is 0 Å². The molecule has 0 unspecified atom stereocenters. The molecule has 0 atom stereocenters. The van der Waals surface area contributed by atoms with E-state index >= 15 is 0 Å². The van der Waals surface area contributed by atoms with Gasteiger partial charge in [-0.25, -0.2) is 4.98 Å². The van der Waals surface area contributed by atoms with Gasteiger partial charge >= 0.3 is 0 Å². The molecule has 1 aliphatic heterocycles. The zero-order chi connectivity index (χ0) is 13.1. The fourth-order valence-corrected chi connectivity index (χ4v) is 2.41. The Kier molecular flexibility index (Phi) is 3.36. The van der Waals surface area contributed by atoms with Gasteiger partial charge in [0.25, 0.3) is 0 Å². The van der Waals surface area contributed by atoms with E-state index < -0.39 is 5.79 Å². The van der Waals surface area contributed by atoms with E-state index in [0.29, 0.717) is 13.2 Å². The van der Waals surface area contributed by atoms with E-state index in [9.17, 15) is 0 Å². The second-order valence-corrected chi connectivity index (χ2v) is 4.87. The van der Waals surface area contributed by atoms with Crippen molar-refractivity contribution in [2.75, 3.05) is 13.2 Å². The number of benzene rings is 1. The van der Waals surface area contributed by atoms with Gasteiger partial charge in [0.05, 0.1) is 19.5 Å². The number of imidazole rings is 1. The number of aryl methyl sites for hydroxylation is 2. The average molecular weight is 258 g/mol. The van der Waals surface area contributed by atoms with Crippen molar-refractivity contribution in [3.05, 3.63) is 54.1 Å². The van der Waals surface area contributed by atoms with Crippen molar-refractivity contribution in [3.8, 4) is 0 Å². The Morgan fingerprint density at radius 1 is 1.21 bits per heavy atom. The molecule has 4 nitrogen and oxygen atoms in total. The van der Waals surface area contributed by atoms with Crippen molar-refractivity contribution >= 4 is 0 Å². The first-order valence-electron chi connectivity index (χ1n) is 6.59. The Balaban J connectivity index is 1.80. The zero-order valence-electron chi connectivity index (χ0n) is 11.1. The van der Waals surface area contributed by atoms with Gasteiger partial charge < -0.3 is 14.0 Å². The lowest BCUT2D eigenvalue weighted by atomic mass is 10.0. The number of ether oxygens (including phenoxy) is 2. The molecule has 0 amide bonds. The van der Waals surface area contributed by atoms with Crippen LogP contribution in [-0.4, -0.2) is 22.8 Å². The Hall–Kier alpha value is -1.65. The lowest BCUT2D eigenvalue weighted by Crippen LogP contribution is -2.28. The minimum absolute atomic E-state index is 0.599. The Morgan fingerprint density at radius 3 is 2.58 bits per heavy atom. The van der Waals surface area contributed by atoms with E-state index in [4.69, 9.17) is 9.47 Å². The van der Waals surface area contributed by atoms with Gasteiger partial charge in [-0.15, -0.1) is 0 Å². The fraction of sp³-hybridized carbons (Fsp3) is 0.400. The summed E-state index contributed by atoms with van der Waals surface area (Å²) >= 11 is 0. The molecular weight excluding hydrogens is 240 g/mol. The predicted molar refractivity (Wildman–Crippen MR) is 71.6 cm³/mol. The van der Waals surface area contributed by atoms with E-state index in [2.05, 4.69) is 36.2 Å². The summed E-state index contributed by atoms with van der Waals surface area (Å²) in [4.78, 5) is 4.06. The van der Waals surface area contributed by atoms with E-state index in [1.807, 2.05) is 17.1 Å². The van der Waals surface area contributed by atoms with Gasteiger partial charge in [-0.2, -0.15) is 0 Å². The van der Waals surface area contributed by atoms with E-state index in [0.717, 1.165) is 18.5 Å². The number of rotatable bonds is 4. The van der Waals surface area contributed by atoms with E-state index in [1.165, 1.54) is 5.56 Å². The third-order valence-corrected chi connectivity index (χ3v) is 3.50. The van der Waals surface area contributed by atoms with Crippen LogP contribution in [0.2, 0.25) is 0 Å². The van der Waals surface area contributed by atoms with Crippen LogP contribution in [0.1, 0.15) is 17.5 Å². The molecule has 2 heterocycles. The van der Waals surface area contributed by atoms with Gasteiger partial charge in [-0.05, 0) is 6.92 Å². The summed E-state index contributed by atoms with van der Waals surface area (Å²) in [5.74, 6) is -0.599. The Morgan fingerprint density at radius 2 is 1.95 bits per heavy atom. The molecule has 1 fully saturated rings. The maximum absolute atomic E-state index is 5.91. The summed E-state index contributed by atoms with van der Waals surface area (Å²) in [6.07, 6.45) is 6.34. The van der Waals surface area contributed by atoms with E-state index in [1.54, 1.807) is 6.20 Å². The molecule has 3 rings (SSSR count). The Labute approximate surface area is 113 Å². The highest BCUT2D eigenvalue weighted by Gasteiger charge is 2.38. The molecular formula is C15H18N2O2. The van der Waals surface area contributed by atoms with Crippen LogP contribution in [0.25, 0.3) is 0 Å². The molecule has 4 heteroatoms. The van der Waals surface area contributed by atoms with Gasteiger partial charge in [0.1, 0.15) is 0 Å². The SMILES string of the molecule is Cc1ccc(C2(CCn3ccnc3)OCCO2)cc1. The first-order chi connectivity index (χ1) is 9.28. The molecule has 0 N–H and O–H groups in total. The number of hydrogen-bond acceptors (Lipinski definition) is 3. The molecule has 1 aromatic heterocycles. The molecule has 0 spiro atoms. The second kappa shape index (κ2) is 5.15. The highest BCUT2D eigenvalue weighted by Crippen LogP contribution is 2.35. The third-order valence-electron chi connectivity index (χ3n) is 3.50. The van der Waals surface area contributed by atoms with Crippen LogP contribution in [0.4, 0.5) is 0 Å². The largest absolute Gasteiger partial charge is 0.343 e. The first-order valence-corrected chi connectivity index (χ1v) is 6.59. The van der Waals surface area contributed by atoms with Crippen molar-refractivity contribution in [1.29, 1.82) is 0 Å². The quantitative estimate of drug-likeness (QED) is 0.845. The molecule has 1 aliphatic rings. The normalized spacial score (nSPS) is 17.7. The minimum atomic E-state index is -0.599. The van der Waals surface area contributed by atoms with Gasteiger partial charge in [-0.1, -0.05) is 29.8 Å². The van der Waals surface area contributed by atoms with Crippen LogP contribution >= 0.6 is 0 Å². The van der Waals surface area contributed by atoms with Crippen LogP contribution in [0.3, 0.4) is 0 Å². The molecule has 1 aromatic carbocycles. The second-order valence-electron chi connectivity index (χ2n) is 4.87. The lowest BCUT2D eigenvalue weighted by molar-refractivity contribution is -0.172. The van der Waals surface area contributed by atoms with Crippen molar-refractivity contribution in [1.82, 2.24) is 9.55 Å². The number of hydrogen-bond donors (Lipinski definition) is 0. The van der Waals surface area contributed by atoms with Crippen LogP contribution in [0.15, 0.2) is 43.0 Å². The maximum atomic E-state index is 5.91. The molecule has 100 valence electrons. The van der Waals surface area contributed by atoms with Crippen molar-refractivity contribution in [2.45, 2.75) is 25.7 Å².